The standard InChI is InChI=1S/C14H19ClN2O2/c1-11(14(18)19-2)16-7-9-17(10-8-16)13-5-3-12(15)4-6-13/h3-6,11H,7-10H2,1-2H3. The summed E-state index contributed by atoms with van der Waals surface area (Å²) in [6.45, 7) is 5.42. The van der Waals surface area contributed by atoms with E-state index in [2.05, 4.69) is 9.80 Å². The Bertz CT molecular complexity index is 428. The van der Waals surface area contributed by atoms with Gasteiger partial charge in [0.05, 0.1) is 7.11 Å². The van der Waals surface area contributed by atoms with E-state index in [1.54, 1.807) is 0 Å². The van der Waals surface area contributed by atoms with Crippen LogP contribution in [0.3, 0.4) is 0 Å². The van der Waals surface area contributed by atoms with Crippen molar-refractivity contribution in [1.82, 2.24) is 4.90 Å². The van der Waals surface area contributed by atoms with Crippen LogP contribution in [-0.2, 0) is 9.53 Å². The Labute approximate surface area is 118 Å². The fourth-order valence-electron chi connectivity index (χ4n) is 2.34. The van der Waals surface area contributed by atoms with Crippen LogP contribution < -0.4 is 4.90 Å². The van der Waals surface area contributed by atoms with Gasteiger partial charge in [-0.1, -0.05) is 11.6 Å². The second kappa shape index (κ2) is 6.26. The number of rotatable bonds is 3. The summed E-state index contributed by atoms with van der Waals surface area (Å²) in [6, 6.07) is 7.70. The lowest BCUT2D eigenvalue weighted by Crippen LogP contribution is -2.52. The largest absolute Gasteiger partial charge is 0.468 e. The average molecular weight is 283 g/mol. The van der Waals surface area contributed by atoms with Crippen molar-refractivity contribution in [3.63, 3.8) is 0 Å². The lowest BCUT2D eigenvalue weighted by molar-refractivity contribution is -0.146. The Morgan fingerprint density at radius 1 is 1.21 bits per heavy atom. The summed E-state index contributed by atoms with van der Waals surface area (Å²) in [4.78, 5) is 16.0. The van der Waals surface area contributed by atoms with E-state index in [1.807, 2.05) is 31.2 Å². The van der Waals surface area contributed by atoms with Gasteiger partial charge in [0.2, 0.25) is 0 Å². The molecule has 104 valence electrons. The van der Waals surface area contributed by atoms with E-state index in [-0.39, 0.29) is 12.0 Å². The fraction of sp³-hybridized carbons (Fsp3) is 0.500. The van der Waals surface area contributed by atoms with Gasteiger partial charge in [-0.25, -0.2) is 0 Å². The number of halogens is 1. The molecular formula is C14H19ClN2O2. The molecule has 5 heteroatoms. The molecule has 1 aromatic carbocycles. The second-order valence-corrected chi connectivity index (χ2v) is 5.14. The Morgan fingerprint density at radius 2 is 1.79 bits per heavy atom. The quantitative estimate of drug-likeness (QED) is 0.794. The summed E-state index contributed by atoms with van der Waals surface area (Å²) >= 11 is 5.89. The van der Waals surface area contributed by atoms with Crippen molar-refractivity contribution in [2.45, 2.75) is 13.0 Å². The van der Waals surface area contributed by atoms with E-state index in [9.17, 15) is 4.79 Å². The van der Waals surface area contributed by atoms with Gasteiger partial charge < -0.3 is 9.64 Å². The number of piperazine rings is 1. The van der Waals surface area contributed by atoms with E-state index in [0.29, 0.717) is 0 Å². The van der Waals surface area contributed by atoms with Crippen LogP contribution in [0.1, 0.15) is 6.92 Å². The third-order valence-corrected chi connectivity index (χ3v) is 3.85. The maximum atomic E-state index is 11.5. The zero-order valence-corrected chi connectivity index (χ0v) is 12.1. The molecule has 1 atom stereocenters. The molecule has 0 N–H and O–H groups in total. The van der Waals surface area contributed by atoms with Crippen molar-refractivity contribution < 1.29 is 9.53 Å². The Morgan fingerprint density at radius 3 is 2.32 bits per heavy atom. The molecule has 0 radical (unpaired) electrons. The molecule has 0 bridgehead atoms. The van der Waals surface area contributed by atoms with Crippen molar-refractivity contribution in [3.8, 4) is 0 Å². The lowest BCUT2D eigenvalue weighted by atomic mass is 10.2. The molecule has 4 nitrogen and oxygen atoms in total. The van der Waals surface area contributed by atoms with Crippen LogP contribution in [-0.4, -0.2) is 50.2 Å². The number of ether oxygens (including phenoxy) is 1. The summed E-state index contributed by atoms with van der Waals surface area (Å²) in [5, 5.41) is 0.752. The SMILES string of the molecule is COC(=O)C(C)N1CCN(c2ccc(Cl)cc2)CC1. The predicted molar refractivity (Wildman–Crippen MR) is 76.7 cm³/mol. The van der Waals surface area contributed by atoms with Crippen molar-refractivity contribution in [2.75, 3.05) is 38.2 Å². The fourth-order valence-corrected chi connectivity index (χ4v) is 2.46. The number of anilines is 1. The average Bonchev–Trinajstić information content (AvgIpc) is 2.46. The van der Waals surface area contributed by atoms with Crippen LogP contribution in [0.4, 0.5) is 5.69 Å². The van der Waals surface area contributed by atoms with E-state index in [0.717, 1.165) is 31.2 Å². The Balaban J connectivity index is 1.92. The molecular weight excluding hydrogens is 264 g/mol. The highest BCUT2D eigenvalue weighted by Gasteiger charge is 2.25. The zero-order chi connectivity index (χ0) is 13.8. The highest BCUT2D eigenvalue weighted by atomic mass is 35.5. The molecule has 0 aromatic heterocycles. The van der Waals surface area contributed by atoms with E-state index in [4.69, 9.17) is 16.3 Å². The molecule has 2 rings (SSSR count). The first-order chi connectivity index (χ1) is 9.11. The van der Waals surface area contributed by atoms with Crippen molar-refractivity contribution in [2.24, 2.45) is 0 Å². The van der Waals surface area contributed by atoms with Crippen molar-refractivity contribution in [1.29, 1.82) is 0 Å². The minimum atomic E-state index is -0.169. The minimum absolute atomic E-state index is 0.167. The summed E-state index contributed by atoms with van der Waals surface area (Å²) in [5.74, 6) is -0.167. The van der Waals surface area contributed by atoms with Crippen molar-refractivity contribution in [3.05, 3.63) is 29.3 Å². The molecule has 0 spiro atoms. The number of nitrogens with zero attached hydrogens (tertiary/aromatic N) is 2. The molecule has 1 aliphatic heterocycles. The van der Waals surface area contributed by atoms with Crippen molar-refractivity contribution >= 4 is 23.3 Å². The van der Waals surface area contributed by atoms with Gasteiger partial charge >= 0.3 is 5.97 Å². The molecule has 1 fully saturated rings. The maximum Gasteiger partial charge on any atom is 0.322 e. The van der Waals surface area contributed by atoms with Crippen LogP contribution in [0.2, 0.25) is 5.02 Å². The van der Waals surface area contributed by atoms with Gasteiger partial charge in [0.15, 0.2) is 0 Å². The number of carbonyl (C=O) groups excluding carboxylic acids is 1. The first kappa shape index (κ1) is 14.2. The first-order valence-electron chi connectivity index (χ1n) is 6.44. The maximum absolute atomic E-state index is 11.5. The summed E-state index contributed by atoms with van der Waals surface area (Å²) in [6.07, 6.45) is 0. The van der Waals surface area contributed by atoms with E-state index >= 15 is 0 Å². The number of carbonyl (C=O) groups is 1. The molecule has 0 amide bonds. The van der Waals surface area contributed by atoms with Gasteiger partial charge in [0.25, 0.3) is 0 Å². The Kier molecular flexibility index (Phi) is 4.66. The first-order valence-corrected chi connectivity index (χ1v) is 6.82. The number of hydrogen-bond acceptors (Lipinski definition) is 4. The highest BCUT2D eigenvalue weighted by Crippen LogP contribution is 2.20. The summed E-state index contributed by atoms with van der Waals surface area (Å²) < 4.78 is 4.78. The summed E-state index contributed by atoms with van der Waals surface area (Å²) in [5.41, 5.74) is 1.18. The van der Waals surface area contributed by atoms with Gasteiger partial charge in [-0.2, -0.15) is 0 Å². The summed E-state index contributed by atoms with van der Waals surface area (Å²) in [7, 11) is 1.43. The van der Waals surface area contributed by atoms with Gasteiger partial charge in [-0.05, 0) is 31.2 Å². The topological polar surface area (TPSA) is 32.8 Å². The Hall–Kier alpha value is -1.26. The number of benzene rings is 1. The van der Waals surface area contributed by atoms with Crippen LogP contribution in [0.25, 0.3) is 0 Å². The highest BCUT2D eigenvalue weighted by molar-refractivity contribution is 6.30. The third kappa shape index (κ3) is 3.39. The lowest BCUT2D eigenvalue weighted by Gasteiger charge is -2.38. The van der Waals surface area contributed by atoms with Crippen LogP contribution >= 0.6 is 11.6 Å². The van der Waals surface area contributed by atoms with E-state index < -0.39 is 0 Å². The minimum Gasteiger partial charge on any atom is -0.468 e. The second-order valence-electron chi connectivity index (χ2n) is 4.70. The molecule has 19 heavy (non-hydrogen) atoms. The third-order valence-electron chi connectivity index (χ3n) is 3.60. The predicted octanol–water partition coefficient (Wildman–Crippen LogP) is 2.02. The van der Waals surface area contributed by atoms with Crippen LogP contribution in [0.15, 0.2) is 24.3 Å². The molecule has 1 heterocycles. The van der Waals surface area contributed by atoms with Gasteiger partial charge in [-0.3, -0.25) is 9.69 Å². The van der Waals surface area contributed by atoms with E-state index in [1.165, 1.54) is 12.8 Å². The molecule has 0 aliphatic carbocycles. The molecule has 1 unspecified atom stereocenters. The monoisotopic (exact) mass is 282 g/mol. The molecule has 1 aromatic rings. The number of hydrogen-bond donors (Lipinski definition) is 0. The number of methoxy groups -OCH3 is 1. The van der Waals surface area contributed by atoms with Gasteiger partial charge in [0.1, 0.15) is 6.04 Å². The zero-order valence-electron chi connectivity index (χ0n) is 11.3. The number of esters is 1. The smallest absolute Gasteiger partial charge is 0.322 e. The van der Waals surface area contributed by atoms with Crippen LogP contribution in [0, 0.1) is 0 Å². The normalized spacial score (nSPS) is 18.2. The molecule has 1 aliphatic rings. The van der Waals surface area contributed by atoms with Gasteiger partial charge in [0, 0.05) is 36.9 Å². The molecule has 0 saturated carbocycles. The molecule has 1 saturated heterocycles. The van der Waals surface area contributed by atoms with Gasteiger partial charge in [-0.15, -0.1) is 0 Å². The van der Waals surface area contributed by atoms with Crippen LogP contribution in [0.5, 0.6) is 0 Å².